The number of hydrogen-bond donors (Lipinski definition) is 3. The van der Waals surface area contributed by atoms with Crippen molar-refractivity contribution in [2.75, 3.05) is 6.73 Å². The number of carboxylic acids is 1. The molecule has 8 nitrogen and oxygen atoms in total. The number of carbonyl (C=O) groups is 3. The summed E-state index contributed by atoms with van der Waals surface area (Å²) >= 11 is 1.33. The molecule has 4 atom stereocenters. The Labute approximate surface area is 183 Å². The third kappa shape index (κ3) is 4.03. The number of aliphatic carboxylic acids is 1. The molecule has 2 aliphatic rings. The number of amides is 2. The van der Waals surface area contributed by atoms with Crippen LogP contribution in [0.1, 0.15) is 25.5 Å². The van der Waals surface area contributed by atoms with Crippen molar-refractivity contribution in [1.82, 2.24) is 15.5 Å². The van der Waals surface area contributed by atoms with Gasteiger partial charge in [-0.3, -0.25) is 14.9 Å². The molecule has 10 heteroatoms. The van der Waals surface area contributed by atoms with E-state index in [1.165, 1.54) is 16.7 Å². The van der Waals surface area contributed by atoms with E-state index in [1.807, 2.05) is 6.07 Å². The average molecular weight is 401 g/mol. The van der Waals surface area contributed by atoms with Gasteiger partial charge in [-0.1, -0.05) is 30.3 Å². The molecule has 1 aromatic carbocycles. The predicted molar refractivity (Wildman–Crippen MR) is 92.4 cm³/mol. The molecule has 3 rings (SSSR count). The van der Waals surface area contributed by atoms with Gasteiger partial charge >= 0.3 is 29.6 Å². The normalized spacial score (nSPS) is 26.4. The van der Waals surface area contributed by atoms with Crippen LogP contribution < -0.4 is 45.3 Å². The summed E-state index contributed by atoms with van der Waals surface area (Å²) in [6.45, 7) is 3.07. The van der Waals surface area contributed by atoms with Crippen LogP contribution >= 0.6 is 11.8 Å². The third-order valence-corrected chi connectivity index (χ3v) is 6.22. The average Bonchev–Trinajstić information content (AvgIpc) is 2.86. The monoisotopic (exact) mass is 401 g/mol. The summed E-state index contributed by atoms with van der Waals surface area (Å²) in [7, 11) is 0. The van der Waals surface area contributed by atoms with E-state index in [1.54, 1.807) is 38.1 Å². The molecule has 2 heterocycles. The SMILES string of the molecule is CC1(C)S[C@@H]2[C@H](NC(=O)C(NCO)c3ccccc3)C(=O)N2[C@H]1C(=O)[O-].[Na+]. The van der Waals surface area contributed by atoms with Crippen LogP contribution in [-0.4, -0.2) is 56.7 Å². The second-order valence-electron chi connectivity index (χ2n) is 6.77. The first-order valence-electron chi connectivity index (χ1n) is 8.18. The van der Waals surface area contributed by atoms with Crippen LogP contribution in [0.5, 0.6) is 0 Å². The smallest absolute Gasteiger partial charge is 0.548 e. The maximum Gasteiger partial charge on any atom is 1.00 e. The predicted octanol–water partition coefficient (Wildman–Crippen LogP) is -4.43. The molecule has 0 spiro atoms. The third-order valence-electron chi connectivity index (χ3n) is 4.65. The van der Waals surface area contributed by atoms with Crippen molar-refractivity contribution in [3.63, 3.8) is 0 Å². The van der Waals surface area contributed by atoms with E-state index in [9.17, 15) is 24.6 Å². The second-order valence-corrected chi connectivity index (χ2v) is 8.54. The molecule has 2 fully saturated rings. The van der Waals surface area contributed by atoms with E-state index in [4.69, 9.17) is 0 Å². The van der Waals surface area contributed by atoms with Gasteiger partial charge in [-0.2, -0.15) is 0 Å². The number of nitrogens with one attached hydrogen (secondary N) is 2. The molecule has 140 valence electrons. The van der Waals surface area contributed by atoms with E-state index >= 15 is 0 Å². The number of β-lactam (4-membered cyclic amide) rings is 1. The molecular weight excluding hydrogens is 381 g/mol. The van der Waals surface area contributed by atoms with Gasteiger partial charge in [0.05, 0.1) is 18.7 Å². The zero-order valence-corrected chi connectivity index (χ0v) is 18.2. The minimum atomic E-state index is -1.30. The molecule has 27 heavy (non-hydrogen) atoms. The number of rotatable bonds is 6. The van der Waals surface area contributed by atoms with Crippen molar-refractivity contribution in [3.05, 3.63) is 35.9 Å². The maximum atomic E-state index is 12.7. The molecule has 3 N–H and O–H groups in total. The number of thioether (sulfide) groups is 1. The topological polar surface area (TPSA) is 122 Å². The summed E-state index contributed by atoms with van der Waals surface area (Å²) < 4.78 is -0.708. The summed E-state index contributed by atoms with van der Waals surface area (Å²) in [6, 6.07) is 6.17. The molecule has 0 radical (unpaired) electrons. The fourth-order valence-electron chi connectivity index (χ4n) is 3.46. The Balaban J connectivity index is 0.00000261. The Bertz CT molecular complexity index is 733. The van der Waals surface area contributed by atoms with Gasteiger partial charge in [0.1, 0.15) is 17.5 Å². The minimum Gasteiger partial charge on any atom is -0.548 e. The minimum absolute atomic E-state index is 0. The summed E-state index contributed by atoms with van der Waals surface area (Å²) in [6.07, 6.45) is 0. The number of carbonyl (C=O) groups excluding carboxylic acids is 3. The van der Waals surface area contributed by atoms with Gasteiger partial charge in [-0.05, 0) is 19.4 Å². The molecular formula is C17H20N3NaO5S. The molecule has 2 saturated heterocycles. The largest absolute Gasteiger partial charge is 1.00 e. The van der Waals surface area contributed by atoms with Gasteiger partial charge in [-0.25, -0.2) is 0 Å². The fourth-order valence-corrected chi connectivity index (χ4v) is 5.08. The molecule has 2 aliphatic heterocycles. The summed E-state index contributed by atoms with van der Waals surface area (Å²) in [4.78, 5) is 37.8. The second kappa shape index (κ2) is 8.50. The number of hydrogen-bond acceptors (Lipinski definition) is 7. The van der Waals surface area contributed by atoms with E-state index in [0.717, 1.165) is 0 Å². The first-order valence-corrected chi connectivity index (χ1v) is 9.06. The number of carboxylic acid groups (broad SMARTS) is 1. The van der Waals surface area contributed by atoms with Crippen LogP contribution in [0.15, 0.2) is 30.3 Å². The van der Waals surface area contributed by atoms with Crippen molar-refractivity contribution in [3.8, 4) is 0 Å². The zero-order valence-electron chi connectivity index (χ0n) is 15.3. The molecule has 0 aliphatic carbocycles. The standard InChI is InChI=1S/C17H21N3O5S.Na/c1-17(2)12(16(24)25)20-14(23)11(15(20)26-17)19-13(22)10(18-8-21)9-6-4-3-5-7-9;/h3-7,10-12,15,18,21H,8H2,1-2H3,(H,19,22)(H,24,25);/q;+1/p-1/t10?,11-,12+,15-;/m1./s1. The summed E-state index contributed by atoms with van der Waals surface area (Å²) in [5, 5.41) is 25.5. The Morgan fingerprint density at radius 1 is 1.33 bits per heavy atom. The Morgan fingerprint density at radius 3 is 2.52 bits per heavy atom. The van der Waals surface area contributed by atoms with E-state index in [2.05, 4.69) is 10.6 Å². The molecule has 1 aromatic rings. The number of nitrogens with zero attached hydrogens (tertiary/aromatic N) is 1. The quantitative estimate of drug-likeness (QED) is 0.250. The van der Waals surface area contributed by atoms with Crippen LogP contribution in [0.4, 0.5) is 0 Å². The molecule has 1 unspecified atom stereocenters. The Morgan fingerprint density at radius 2 is 1.96 bits per heavy atom. The van der Waals surface area contributed by atoms with Crippen molar-refractivity contribution in [2.24, 2.45) is 0 Å². The van der Waals surface area contributed by atoms with Crippen LogP contribution in [0.25, 0.3) is 0 Å². The first-order chi connectivity index (χ1) is 12.3. The maximum absolute atomic E-state index is 12.7. The molecule has 0 saturated carbocycles. The summed E-state index contributed by atoms with van der Waals surface area (Å²) in [5.74, 6) is -2.20. The molecule has 0 bridgehead atoms. The number of benzene rings is 1. The van der Waals surface area contributed by atoms with Gasteiger partial charge in [0, 0.05) is 4.75 Å². The summed E-state index contributed by atoms with van der Waals surface area (Å²) in [5.41, 5.74) is 0.648. The van der Waals surface area contributed by atoms with E-state index in [0.29, 0.717) is 5.56 Å². The molecule has 2 amide bonds. The van der Waals surface area contributed by atoms with Crippen molar-refractivity contribution in [1.29, 1.82) is 0 Å². The van der Waals surface area contributed by atoms with Crippen LogP contribution in [0.3, 0.4) is 0 Å². The molecule has 0 aromatic heterocycles. The Hall–Kier alpha value is -1.10. The van der Waals surface area contributed by atoms with E-state index in [-0.39, 0.29) is 29.6 Å². The first kappa shape index (κ1) is 22.2. The number of aliphatic hydroxyl groups is 1. The number of fused-ring (bicyclic) bond motifs is 1. The van der Waals surface area contributed by atoms with Crippen LogP contribution in [0, 0.1) is 0 Å². The van der Waals surface area contributed by atoms with Gasteiger partial charge in [0.25, 0.3) is 0 Å². The van der Waals surface area contributed by atoms with Gasteiger partial charge in [0.2, 0.25) is 11.8 Å². The van der Waals surface area contributed by atoms with Crippen molar-refractivity contribution < 1.29 is 54.2 Å². The van der Waals surface area contributed by atoms with Crippen LogP contribution in [0.2, 0.25) is 0 Å². The zero-order chi connectivity index (χ0) is 19.1. The number of aliphatic hydroxyl groups excluding tert-OH is 1. The van der Waals surface area contributed by atoms with Gasteiger partial charge < -0.3 is 25.2 Å². The fraction of sp³-hybridized carbons (Fsp3) is 0.471. The van der Waals surface area contributed by atoms with Gasteiger partial charge in [0.15, 0.2) is 0 Å². The van der Waals surface area contributed by atoms with Crippen molar-refractivity contribution >= 4 is 29.5 Å². The van der Waals surface area contributed by atoms with Crippen LogP contribution in [-0.2, 0) is 14.4 Å². The Kier molecular flexibility index (Phi) is 6.99. The van der Waals surface area contributed by atoms with E-state index < -0.39 is 52.8 Å². The van der Waals surface area contributed by atoms with Gasteiger partial charge in [-0.15, -0.1) is 11.8 Å². The van der Waals surface area contributed by atoms with Crippen molar-refractivity contribution in [2.45, 2.75) is 42.1 Å².